The van der Waals surface area contributed by atoms with Crippen LogP contribution in [0.15, 0.2) is 54.6 Å². The molecule has 4 heteroatoms. The van der Waals surface area contributed by atoms with Crippen molar-refractivity contribution in [2.75, 3.05) is 6.54 Å². The Bertz CT molecular complexity index is 635. The quantitative estimate of drug-likeness (QED) is 0.727. The molecule has 0 bridgehead atoms. The fraction of sp³-hybridized carbons (Fsp3) is 0.316. The Kier molecular flexibility index (Phi) is 6.51. The predicted octanol–water partition coefficient (Wildman–Crippen LogP) is 3.70. The van der Waals surface area contributed by atoms with Gasteiger partial charge in [-0.05, 0) is 0 Å². The van der Waals surface area contributed by atoms with Crippen molar-refractivity contribution >= 4 is 28.0 Å². The molecule has 1 amide bonds. The molecule has 23 heavy (non-hydrogen) atoms. The zero-order chi connectivity index (χ0) is 16.7. The van der Waals surface area contributed by atoms with Crippen molar-refractivity contribution in [3.8, 4) is 0 Å². The monoisotopic (exact) mass is 419 g/mol. The number of alkyl carbamates (subject to hydrolysis) is 1. The first-order chi connectivity index (χ1) is 11.0. The molecule has 2 rings (SSSR count). The van der Waals surface area contributed by atoms with Gasteiger partial charge in [0.05, 0.1) is 0 Å². The fourth-order valence-corrected chi connectivity index (χ4v) is 7.59. The van der Waals surface area contributed by atoms with Crippen molar-refractivity contribution < 1.29 is 9.53 Å². The standard InChI is InChI=1S/C16H16NO2.3CH3.Sn/c18-16(19-13-15-9-5-2-6-10-15)17-12-11-14-7-3-1-4-8-14;;;;/h1-7,9-10H,11-13H2,(H,17,18);3*1H3;. The maximum absolute atomic E-state index is 11.8. The second-order valence-electron chi connectivity index (χ2n) is 6.65. The summed E-state index contributed by atoms with van der Waals surface area (Å²) in [6.45, 7) is 0.911. The van der Waals surface area contributed by atoms with E-state index in [1.54, 1.807) is 0 Å². The van der Waals surface area contributed by atoms with Crippen molar-refractivity contribution in [3.05, 3.63) is 65.7 Å². The van der Waals surface area contributed by atoms with E-state index in [0.29, 0.717) is 13.2 Å². The minimum atomic E-state index is -2.11. The van der Waals surface area contributed by atoms with Crippen molar-refractivity contribution in [3.63, 3.8) is 0 Å². The van der Waals surface area contributed by atoms with Crippen LogP contribution in [0.2, 0.25) is 14.8 Å². The van der Waals surface area contributed by atoms with E-state index in [4.69, 9.17) is 4.74 Å². The molecule has 1 N–H and O–H groups in total. The Hall–Kier alpha value is -1.49. The molecule has 0 fully saturated rings. The van der Waals surface area contributed by atoms with Crippen LogP contribution in [0.4, 0.5) is 4.79 Å². The molecule has 0 aliphatic rings. The zero-order valence-electron chi connectivity index (χ0n) is 14.1. The summed E-state index contributed by atoms with van der Waals surface area (Å²) in [5.74, 6) is 0. The number of carbonyl (C=O) groups is 1. The third-order valence-corrected chi connectivity index (χ3v) is 9.71. The van der Waals surface area contributed by atoms with Gasteiger partial charge in [0, 0.05) is 0 Å². The predicted molar refractivity (Wildman–Crippen MR) is 97.8 cm³/mol. The second kappa shape index (κ2) is 8.39. The summed E-state index contributed by atoms with van der Waals surface area (Å²) in [4.78, 5) is 19.0. The topological polar surface area (TPSA) is 38.3 Å². The molecular weight excluding hydrogens is 393 g/mol. The summed E-state index contributed by atoms with van der Waals surface area (Å²) in [6.07, 6.45) is 0.496. The average molecular weight is 418 g/mol. The van der Waals surface area contributed by atoms with Crippen LogP contribution in [-0.4, -0.2) is 31.0 Å². The number of nitrogens with one attached hydrogen (secondary N) is 1. The molecular formula is C19H25NO2Sn. The fourth-order valence-electron chi connectivity index (χ4n) is 2.54. The number of benzene rings is 2. The Morgan fingerprint density at radius 2 is 1.65 bits per heavy atom. The third-order valence-electron chi connectivity index (χ3n) is 3.70. The van der Waals surface area contributed by atoms with E-state index in [0.717, 1.165) is 12.0 Å². The van der Waals surface area contributed by atoms with Gasteiger partial charge in [-0.15, -0.1) is 0 Å². The van der Waals surface area contributed by atoms with Crippen LogP contribution >= 0.6 is 0 Å². The number of amides is 1. The summed E-state index contributed by atoms with van der Waals surface area (Å²) >= 11 is -2.11. The minimum absolute atomic E-state index is 0.307. The summed E-state index contributed by atoms with van der Waals surface area (Å²) in [5.41, 5.74) is 2.36. The molecule has 122 valence electrons. The van der Waals surface area contributed by atoms with Gasteiger partial charge in [-0.2, -0.15) is 0 Å². The van der Waals surface area contributed by atoms with Gasteiger partial charge >= 0.3 is 143 Å². The van der Waals surface area contributed by atoms with Gasteiger partial charge in [-0.3, -0.25) is 0 Å². The average Bonchev–Trinajstić information content (AvgIpc) is 2.53. The molecule has 0 aliphatic heterocycles. The molecule has 2 aromatic carbocycles. The van der Waals surface area contributed by atoms with Crippen molar-refractivity contribution in [2.24, 2.45) is 0 Å². The summed E-state index contributed by atoms with van der Waals surface area (Å²) in [7, 11) is 0. The Morgan fingerprint density at radius 1 is 1.00 bits per heavy atom. The molecule has 3 nitrogen and oxygen atoms in total. The van der Waals surface area contributed by atoms with E-state index in [-0.39, 0.29) is 6.09 Å². The van der Waals surface area contributed by atoms with Crippen LogP contribution < -0.4 is 8.90 Å². The first-order valence-corrected chi connectivity index (χ1v) is 18.0. The van der Waals surface area contributed by atoms with Gasteiger partial charge in [-0.25, -0.2) is 0 Å². The molecule has 0 saturated heterocycles. The summed E-state index contributed by atoms with van der Waals surface area (Å²) < 4.78 is 6.76. The summed E-state index contributed by atoms with van der Waals surface area (Å²) in [5, 5.41) is 2.84. The number of hydrogen-bond acceptors (Lipinski definition) is 2. The Morgan fingerprint density at radius 3 is 2.35 bits per heavy atom. The van der Waals surface area contributed by atoms with Crippen molar-refractivity contribution in [1.29, 1.82) is 0 Å². The van der Waals surface area contributed by atoms with E-state index in [9.17, 15) is 4.79 Å². The normalized spacial score (nSPS) is 11.1. The van der Waals surface area contributed by atoms with Gasteiger partial charge in [0.15, 0.2) is 0 Å². The van der Waals surface area contributed by atoms with Crippen molar-refractivity contribution in [2.45, 2.75) is 27.8 Å². The van der Waals surface area contributed by atoms with Crippen LogP contribution in [0, 0.1) is 0 Å². The first-order valence-electron chi connectivity index (χ1n) is 8.00. The van der Waals surface area contributed by atoms with Gasteiger partial charge in [0.1, 0.15) is 0 Å². The maximum atomic E-state index is 11.8. The number of carbonyl (C=O) groups excluding carboxylic acids is 1. The second-order valence-corrected chi connectivity index (χ2v) is 21.0. The van der Waals surface area contributed by atoms with Crippen LogP contribution in [0.1, 0.15) is 11.1 Å². The Balaban J connectivity index is 1.80. The SMILES string of the molecule is [CH3][Sn]([CH3])([CH3])[c]1ccccc1CCNC(=O)OCc1ccccc1. The molecule has 2 aromatic rings. The van der Waals surface area contributed by atoms with E-state index in [2.05, 4.69) is 44.4 Å². The van der Waals surface area contributed by atoms with E-state index < -0.39 is 18.4 Å². The third kappa shape index (κ3) is 5.90. The number of ether oxygens (including phenoxy) is 1. The first kappa shape index (κ1) is 17.9. The van der Waals surface area contributed by atoms with Gasteiger partial charge in [-0.1, -0.05) is 0 Å². The molecule has 0 heterocycles. The molecule has 0 saturated carbocycles. The number of hydrogen-bond donors (Lipinski definition) is 1. The van der Waals surface area contributed by atoms with Gasteiger partial charge in [0.25, 0.3) is 0 Å². The van der Waals surface area contributed by atoms with E-state index in [1.807, 2.05) is 30.3 Å². The molecule has 0 radical (unpaired) electrons. The molecule has 0 unspecified atom stereocenters. The van der Waals surface area contributed by atoms with Crippen LogP contribution in [0.3, 0.4) is 0 Å². The molecule has 0 aliphatic carbocycles. The van der Waals surface area contributed by atoms with Crippen molar-refractivity contribution in [1.82, 2.24) is 5.32 Å². The molecule has 0 spiro atoms. The van der Waals surface area contributed by atoms with E-state index >= 15 is 0 Å². The van der Waals surface area contributed by atoms with Crippen LogP contribution in [0.5, 0.6) is 0 Å². The van der Waals surface area contributed by atoms with Gasteiger partial charge < -0.3 is 0 Å². The van der Waals surface area contributed by atoms with Crippen LogP contribution in [-0.2, 0) is 17.8 Å². The van der Waals surface area contributed by atoms with E-state index in [1.165, 1.54) is 9.14 Å². The van der Waals surface area contributed by atoms with Crippen LogP contribution in [0.25, 0.3) is 0 Å². The summed E-state index contributed by atoms with van der Waals surface area (Å²) in [6, 6.07) is 18.3. The van der Waals surface area contributed by atoms with Gasteiger partial charge in [0.2, 0.25) is 0 Å². The molecule has 0 aromatic heterocycles. The molecule has 0 atom stereocenters. The Labute approximate surface area is 142 Å². The number of rotatable bonds is 6. The zero-order valence-corrected chi connectivity index (χ0v) is 17.0.